The van der Waals surface area contributed by atoms with Gasteiger partial charge in [0, 0.05) is 17.4 Å². The molecule has 4 aromatic rings. The summed E-state index contributed by atoms with van der Waals surface area (Å²) in [5, 5.41) is 0.157. The van der Waals surface area contributed by atoms with E-state index >= 15 is 4.39 Å². The van der Waals surface area contributed by atoms with Crippen molar-refractivity contribution in [3.05, 3.63) is 116 Å². The summed E-state index contributed by atoms with van der Waals surface area (Å²) in [4.78, 5) is 27.7. The largest absolute Gasteiger partial charge is 0.497 e. The number of nitrogens with two attached hydrogens (primary N) is 1. The molecule has 2 atom stereocenters. The normalized spacial score (nSPS) is 15.7. The maximum Gasteiger partial charge on any atom is 0.416 e. The Labute approximate surface area is 224 Å². The van der Waals surface area contributed by atoms with Crippen LogP contribution in [0.5, 0.6) is 5.75 Å². The SMILES string of the molecule is COc1cccc(-c2c3n(c(=O)n(CC(N)c4ccccc4)c2=O)C(c2c(F)cccc2C(F)(F)F)CS3)c1. The van der Waals surface area contributed by atoms with Crippen LogP contribution < -0.4 is 21.7 Å². The Morgan fingerprint density at radius 3 is 2.46 bits per heavy atom. The van der Waals surface area contributed by atoms with E-state index in [0.29, 0.717) is 16.9 Å². The van der Waals surface area contributed by atoms with Gasteiger partial charge in [-0.1, -0.05) is 48.5 Å². The predicted octanol–water partition coefficient (Wildman–Crippen LogP) is 5.24. The van der Waals surface area contributed by atoms with E-state index in [2.05, 4.69) is 0 Å². The molecule has 0 radical (unpaired) electrons. The Kier molecular flexibility index (Phi) is 7.13. The Morgan fingerprint density at radius 2 is 1.77 bits per heavy atom. The van der Waals surface area contributed by atoms with Gasteiger partial charge in [0.25, 0.3) is 5.56 Å². The maximum absolute atomic E-state index is 15.1. The van der Waals surface area contributed by atoms with Gasteiger partial charge in [-0.15, -0.1) is 11.8 Å². The summed E-state index contributed by atoms with van der Waals surface area (Å²) in [6.07, 6.45) is -4.85. The van der Waals surface area contributed by atoms with Gasteiger partial charge in [-0.25, -0.2) is 9.18 Å². The first-order valence-corrected chi connectivity index (χ1v) is 12.9. The molecule has 0 spiro atoms. The van der Waals surface area contributed by atoms with Crippen molar-refractivity contribution in [2.75, 3.05) is 12.9 Å². The molecule has 2 N–H and O–H groups in total. The molecule has 2 unspecified atom stereocenters. The van der Waals surface area contributed by atoms with Crippen LogP contribution >= 0.6 is 11.8 Å². The highest BCUT2D eigenvalue weighted by Crippen LogP contribution is 2.44. The van der Waals surface area contributed by atoms with Gasteiger partial charge in [0.2, 0.25) is 0 Å². The van der Waals surface area contributed by atoms with Crippen LogP contribution in [-0.2, 0) is 12.7 Å². The molecule has 5 rings (SSSR count). The van der Waals surface area contributed by atoms with Gasteiger partial charge in [0.15, 0.2) is 0 Å². The second-order valence-electron chi connectivity index (χ2n) is 9.02. The first-order chi connectivity index (χ1) is 18.6. The number of thioether (sulfide) groups is 1. The van der Waals surface area contributed by atoms with E-state index in [1.165, 1.54) is 7.11 Å². The Morgan fingerprint density at radius 1 is 1.05 bits per heavy atom. The number of hydrogen-bond donors (Lipinski definition) is 1. The van der Waals surface area contributed by atoms with Crippen LogP contribution in [0.2, 0.25) is 0 Å². The lowest BCUT2D eigenvalue weighted by molar-refractivity contribution is -0.138. The number of hydrogen-bond acceptors (Lipinski definition) is 5. The van der Waals surface area contributed by atoms with Crippen LogP contribution in [0.25, 0.3) is 11.1 Å². The van der Waals surface area contributed by atoms with Gasteiger partial charge in [-0.2, -0.15) is 13.2 Å². The van der Waals surface area contributed by atoms with Gasteiger partial charge in [0.1, 0.15) is 11.6 Å². The van der Waals surface area contributed by atoms with Crippen molar-refractivity contribution >= 4 is 11.8 Å². The van der Waals surface area contributed by atoms with E-state index in [-0.39, 0.29) is 22.9 Å². The van der Waals surface area contributed by atoms with Crippen molar-refractivity contribution in [2.45, 2.75) is 29.8 Å². The van der Waals surface area contributed by atoms with Gasteiger partial charge >= 0.3 is 11.9 Å². The lowest BCUT2D eigenvalue weighted by Crippen LogP contribution is -2.44. The predicted molar refractivity (Wildman–Crippen MR) is 141 cm³/mol. The first kappa shape index (κ1) is 26.8. The van der Waals surface area contributed by atoms with Crippen molar-refractivity contribution in [2.24, 2.45) is 5.73 Å². The molecule has 202 valence electrons. The molecular formula is C28H23F4N3O3S. The number of alkyl halides is 3. The molecule has 2 heterocycles. The molecule has 1 aliphatic rings. The average molecular weight is 558 g/mol. The van der Waals surface area contributed by atoms with E-state index in [9.17, 15) is 22.8 Å². The third kappa shape index (κ3) is 4.87. The monoisotopic (exact) mass is 557 g/mol. The molecule has 11 heteroatoms. The van der Waals surface area contributed by atoms with Crippen LogP contribution in [0.3, 0.4) is 0 Å². The van der Waals surface area contributed by atoms with Crippen LogP contribution in [0.4, 0.5) is 17.6 Å². The Balaban J connectivity index is 1.77. The third-order valence-corrected chi connectivity index (χ3v) is 7.83. The van der Waals surface area contributed by atoms with E-state index in [4.69, 9.17) is 10.5 Å². The molecule has 0 bridgehead atoms. The smallest absolute Gasteiger partial charge is 0.416 e. The zero-order chi connectivity index (χ0) is 27.9. The number of benzene rings is 3. The molecule has 0 saturated heterocycles. The molecule has 0 amide bonds. The summed E-state index contributed by atoms with van der Waals surface area (Å²) in [6, 6.07) is 16.0. The van der Waals surface area contributed by atoms with E-state index in [1.54, 1.807) is 54.6 Å². The zero-order valence-corrected chi connectivity index (χ0v) is 21.4. The van der Waals surface area contributed by atoms with Gasteiger partial charge in [0.05, 0.1) is 35.8 Å². The lowest BCUT2D eigenvalue weighted by atomic mass is 9.99. The fourth-order valence-corrected chi connectivity index (χ4v) is 6.15. The molecule has 1 aliphatic heterocycles. The van der Waals surface area contributed by atoms with Crippen LogP contribution in [0.15, 0.2) is 87.4 Å². The number of nitrogens with zero attached hydrogens (tertiary/aromatic N) is 2. The Hall–Kier alpha value is -3.83. The van der Waals surface area contributed by atoms with Crippen LogP contribution in [-0.4, -0.2) is 22.0 Å². The summed E-state index contributed by atoms with van der Waals surface area (Å²) in [6.45, 7) is -0.236. The molecule has 39 heavy (non-hydrogen) atoms. The summed E-state index contributed by atoms with van der Waals surface area (Å²) in [5.74, 6) is -0.723. The molecule has 0 saturated carbocycles. The number of halogens is 4. The van der Waals surface area contributed by atoms with Crippen molar-refractivity contribution < 1.29 is 22.3 Å². The van der Waals surface area contributed by atoms with Crippen molar-refractivity contribution in [3.63, 3.8) is 0 Å². The van der Waals surface area contributed by atoms with E-state index in [0.717, 1.165) is 39.1 Å². The maximum atomic E-state index is 15.1. The van der Waals surface area contributed by atoms with Gasteiger partial charge in [-0.3, -0.25) is 13.9 Å². The quantitative estimate of drug-likeness (QED) is 0.259. The molecule has 0 fully saturated rings. The van der Waals surface area contributed by atoms with E-state index < -0.39 is 46.5 Å². The van der Waals surface area contributed by atoms with Crippen LogP contribution in [0.1, 0.15) is 28.8 Å². The lowest BCUT2D eigenvalue weighted by Gasteiger charge is -2.22. The molecule has 3 aromatic carbocycles. The van der Waals surface area contributed by atoms with Crippen molar-refractivity contribution in [3.8, 4) is 16.9 Å². The van der Waals surface area contributed by atoms with Crippen molar-refractivity contribution in [1.82, 2.24) is 9.13 Å². The van der Waals surface area contributed by atoms with Gasteiger partial charge in [-0.05, 0) is 35.4 Å². The summed E-state index contributed by atoms with van der Waals surface area (Å²) >= 11 is 1.03. The fraction of sp³-hybridized carbons (Fsp3) is 0.214. The topological polar surface area (TPSA) is 79.2 Å². The standard InChI is InChI=1S/C28H23F4N3O3S/c1-38-18-10-5-9-17(13-18)23-25(36)34(14-21(33)16-7-3-2-4-8-16)27(37)35-22(15-39-26(23)35)24-19(28(30,31)32)11-6-12-20(24)29/h2-13,21-22H,14-15,33H2,1H3. The highest BCUT2D eigenvalue weighted by molar-refractivity contribution is 7.99. The fourth-order valence-electron chi connectivity index (χ4n) is 4.82. The number of aromatic nitrogens is 2. The molecular weight excluding hydrogens is 534 g/mol. The first-order valence-electron chi connectivity index (χ1n) is 11.9. The minimum absolute atomic E-state index is 0.0790. The number of fused-ring (bicyclic) bond motifs is 1. The molecule has 0 aliphatic carbocycles. The summed E-state index contributed by atoms with van der Waals surface area (Å²) in [7, 11) is 1.46. The Bertz CT molecular complexity index is 1650. The minimum atomic E-state index is -4.85. The summed E-state index contributed by atoms with van der Waals surface area (Å²) < 4.78 is 64.2. The number of rotatable bonds is 6. The second kappa shape index (κ2) is 10.4. The number of ether oxygens (including phenoxy) is 1. The highest BCUT2D eigenvalue weighted by Gasteiger charge is 2.41. The minimum Gasteiger partial charge on any atom is -0.497 e. The highest BCUT2D eigenvalue weighted by atomic mass is 32.2. The average Bonchev–Trinajstić information content (AvgIpc) is 3.35. The molecule has 1 aromatic heterocycles. The zero-order valence-electron chi connectivity index (χ0n) is 20.6. The summed E-state index contributed by atoms with van der Waals surface area (Å²) in [5.41, 5.74) is 4.20. The van der Waals surface area contributed by atoms with Gasteiger partial charge < -0.3 is 10.5 Å². The second-order valence-corrected chi connectivity index (χ2v) is 10.0. The van der Waals surface area contributed by atoms with E-state index in [1.807, 2.05) is 0 Å². The third-order valence-electron chi connectivity index (χ3n) is 6.68. The number of methoxy groups -OCH3 is 1. The van der Waals surface area contributed by atoms with Crippen molar-refractivity contribution in [1.29, 1.82) is 0 Å². The molecule has 6 nitrogen and oxygen atoms in total. The van der Waals surface area contributed by atoms with Crippen LogP contribution in [0, 0.1) is 5.82 Å².